The zero-order valence-electron chi connectivity index (χ0n) is 14.3. The van der Waals surface area contributed by atoms with E-state index in [1.807, 2.05) is 43.3 Å². The number of aromatic amines is 1. The van der Waals surface area contributed by atoms with Gasteiger partial charge < -0.3 is 4.98 Å². The summed E-state index contributed by atoms with van der Waals surface area (Å²) in [6, 6.07) is 14.9. The van der Waals surface area contributed by atoms with E-state index >= 15 is 0 Å². The molecule has 0 saturated heterocycles. The van der Waals surface area contributed by atoms with E-state index in [0.717, 1.165) is 6.42 Å². The van der Waals surface area contributed by atoms with Crippen molar-refractivity contribution in [3.63, 3.8) is 0 Å². The number of para-hydroxylation sites is 1. The summed E-state index contributed by atoms with van der Waals surface area (Å²) in [5, 5.41) is 0.757. The van der Waals surface area contributed by atoms with Gasteiger partial charge in [-0.2, -0.15) is 0 Å². The van der Waals surface area contributed by atoms with E-state index in [-0.39, 0.29) is 16.6 Å². The second-order valence-corrected chi connectivity index (χ2v) is 7.01. The van der Waals surface area contributed by atoms with E-state index in [2.05, 4.69) is 16.9 Å². The van der Waals surface area contributed by atoms with Crippen molar-refractivity contribution < 1.29 is 4.79 Å². The third-order valence-electron chi connectivity index (χ3n) is 4.15. The first-order chi connectivity index (χ1) is 12.1. The van der Waals surface area contributed by atoms with Crippen molar-refractivity contribution in [1.29, 1.82) is 0 Å². The Morgan fingerprint density at radius 3 is 2.52 bits per heavy atom. The van der Waals surface area contributed by atoms with E-state index in [0.29, 0.717) is 28.0 Å². The molecule has 0 amide bonds. The van der Waals surface area contributed by atoms with Crippen LogP contribution in [-0.2, 0) is 6.42 Å². The molecule has 3 rings (SSSR count). The smallest absolute Gasteiger partial charge is 0.259 e. The fourth-order valence-corrected chi connectivity index (χ4v) is 3.65. The summed E-state index contributed by atoms with van der Waals surface area (Å²) in [7, 11) is 0. The van der Waals surface area contributed by atoms with Crippen LogP contribution >= 0.6 is 11.8 Å². The molecular formula is C20H20N2O2S. The summed E-state index contributed by atoms with van der Waals surface area (Å²) in [6.07, 6.45) is 1.61. The van der Waals surface area contributed by atoms with Crippen molar-refractivity contribution in [1.82, 2.24) is 9.97 Å². The number of nitrogens with zero attached hydrogens (tertiary/aromatic N) is 1. The fourth-order valence-electron chi connectivity index (χ4n) is 2.67. The number of nitrogens with one attached hydrogen (secondary N) is 1. The number of H-pyrrole nitrogens is 1. The van der Waals surface area contributed by atoms with Crippen LogP contribution in [0.2, 0.25) is 0 Å². The van der Waals surface area contributed by atoms with Gasteiger partial charge in [0.2, 0.25) is 0 Å². The highest BCUT2D eigenvalue weighted by Gasteiger charge is 2.21. The number of hydrogen-bond acceptors (Lipinski definition) is 4. The summed E-state index contributed by atoms with van der Waals surface area (Å²) < 4.78 is 0. The first-order valence-electron chi connectivity index (χ1n) is 8.41. The molecule has 0 bridgehead atoms. The first kappa shape index (κ1) is 17.4. The molecule has 0 radical (unpaired) electrons. The van der Waals surface area contributed by atoms with Crippen molar-refractivity contribution in [2.24, 2.45) is 0 Å². The monoisotopic (exact) mass is 352 g/mol. The molecule has 1 atom stereocenters. The molecule has 1 heterocycles. The topological polar surface area (TPSA) is 62.8 Å². The molecule has 128 valence electrons. The van der Waals surface area contributed by atoms with Gasteiger partial charge in [0.15, 0.2) is 10.9 Å². The molecule has 0 spiro atoms. The number of carbonyl (C=O) groups excluding carboxylic acids is 1. The van der Waals surface area contributed by atoms with Gasteiger partial charge in [0.1, 0.15) is 0 Å². The van der Waals surface area contributed by atoms with Crippen LogP contribution in [0.5, 0.6) is 0 Å². The van der Waals surface area contributed by atoms with Crippen molar-refractivity contribution in [2.45, 2.75) is 37.1 Å². The van der Waals surface area contributed by atoms with E-state index in [1.54, 1.807) is 12.1 Å². The predicted octanol–water partition coefficient (Wildman–Crippen LogP) is 4.24. The largest absolute Gasteiger partial charge is 0.301 e. The highest BCUT2D eigenvalue weighted by atomic mass is 32.2. The minimum absolute atomic E-state index is 0.0611. The Labute approximate surface area is 150 Å². The van der Waals surface area contributed by atoms with Crippen molar-refractivity contribution >= 4 is 28.4 Å². The van der Waals surface area contributed by atoms with Gasteiger partial charge >= 0.3 is 0 Å². The average molecular weight is 352 g/mol. The van der Waals surface area contributed by atoms with Crippen LogP contribution in [0.15, 0.2) is 58.5 Å². The molecule has 0 aliphatic carbocycles. The SMILES string of the molecule is CCc1ccc(C(=O)C(CC)Sc2nc3ccccc3c(=O)[nH]2)cc1. The van der Waals surface area contributed by atoms with E-state index < -0.39 is 0 Å². The minimum atomic E-state index is -0.281. The van der Waals surface area contributed by atoms with Gasteiger partial charge in [-0.15, -0.1) is 0 Å². The van der Waals surface area contributed by atoms with E-state index in [1.165, 1.54) is 17.3 Å². The highest BCUT2D eigenvalue weighted by molar-refractivity contribution is 8.00. The average Bonchev–Trinajstić information content (AvgIpc) is 2.65. The molecular weight excluding hydrogens is 332 g/mol. The maximum atomic E-state index is 12.8. The molecule has 1 N–H and O–H groups in total. The molecule has 4 nitrogen and oxygen atoms in total. The summed E-state index contributed by atoms with van der Waals surface area (Å²) in [4.78, 5) is 32.2. The Balaban J connectivity index is 1.86. The van der Waals surface area contributed by atoms with Crippen LogP contribution in [0.1, 0.15) is 36.2 Å². The van der Waals surface area contributed by atoms with Crippen LogP contribution in [0.3, 0.4) is 0 Å². The number of aromatic nitrogens is 2. The second-order valence-electron chi connectivity index (χ2n) is 5.82. The van der Waals surface area contributed by atoms with Crippen LogP contribution in [0.25, 0.3) is 10.9 Å². The molecule has 0 fully saturated rings. The molecule has 1 aromatic heterocycles. The Bertz CT molecular complexity index is 948. The zero-order chi connectivity index (χ0) is 17.8. The number of rotatable bonds is 6. The molecule has 3 aromatic rings. The Morgan fingerprint density at radius 2 is 1.84 bits per heavy atom. The van der Waals surface area contributed by atoms with Gasteiger partial charge in [-0.3, -0.25) is 9.59 Å². The minimum Gasteiger partial charge on any atom is -0.301 e. The third kappa shape index (κ3) is 3.82. The fraction of sp³-hybridized carbons (Fsp3) is 0.250. The maximum absolute atomic E-state index is 12.8. The zero-order valence-corrected chi connectivity index (χ0v) is 15.1. The number of Topliss-reactive ketones (excluding diaryl/α,β-unsaturated/α-hetero) is 1. The van der Waals surface area contributed by atoms with Gasteiger partial charge in [0, 0.05) is 5.56 Å². The first-order valence-corrected chi connectivity index (χ1v) is 9.29. The van der Waals surface area contributed by atoms with Crippen LogP contribution in [0, 0.1) is 0 Å². The number of fused-ring (bicyclic) bond motifs is 1. The standard InChI is InChI=1S/C20H20N2O2S/c1-3-13-9-11-14(12-10-13)18(23)17(4-2)25-20-21-16-8-6-5-7-15(16)19(24)22-20/h5-12,17H,3-4H2,1-2H3,(H,21,22,24). The molecule has 5 heteroatoms. The number of thioether (sulfide) groups is 1. The van der Waals surface area contributed by atoms with Gasteiger partial charge in [-0.25, -0.2) is 4.98 Å². The Kier molecular flexibility index (Phi) is 5.34. The summed E-state index contributed by atoms with van der Waals surface area (Å²) in [5.41, 5.74) is 2.36. The van der Waals surface area contributed by atoms with Gasteiger partial charge in [0.25, 0.3) is 5.56 Å². The predicted molar refractivity (Wildman–Crippen MR) is 102 cm³/mol. The van der Waals surface area contributed by atoms with E-state index in [9.17, 15) is 9.59 Å². The Morgan fingerprint density at radius 1 is 1.12 bits per heavy atom. The maximum Gasteiger partial charge on any atom is 0.259 e. The lowest BCUT2D eigenvalue weighted by Crippen LogP contribution is -2.18. The quantitative estimate of drug-likeness (QED) is 0.409. The lowest BCUT2D eigenvalue weighted by Gasteiger charge is -2.13. The third-order valence-corrected chi connectivity index (χ3v) is 5.40. The van der Waals surface area contributed by atoms with Gasteiger partial charge in [-0.1, -0.05) is 62.0 Å². The summed E-state index contributed by atoms with van der Waals surface area (Å²) in [5.74, 6) is 0.0611. The van der Waals surface area contributed by atoms with Crippen LogP contribution < -0.4 is 5.56 Å². The normalized spacial score (nSPS) is 12.2. The molecule has 0 saturated carbocycles. The highest BCUT2D eigenvalue weighted by Crippen LogP contribution is 2.26. The van der Waals surface area contributed by atoms with Crippen LogP contribution in [0.4, 0.5) is 0 Å². The number of benzene rings is 2. The van der Waals surface area contributed by atoms with Crippen molar-refractivity contribution in [2.75, 3.05) is 0 Å². The van der Waals surface area contributed by atoms with E-state index in [4.69, 9.17) is 0 Å². The van der Waals surface area contributed by atoms with Crippen molar-refractivity contribution in [3.8, 4) is 0 Å². The lowest BCUT2D eigenvalue weighted by atomic mass is 10.0. The molecule has 0 aliphatic rings. The second kappa shape index (κ2) is 7.66. The molecule has 25 heavy (non-hydrogen) atoms. The number of hydrogen-bond donors (Lipinski definition) is 1. The van der Waals surface area contributed by atoms with Gasteiger partial charge in [-0.05, 0) is 30.5 Å². The van der Waals surface area contributed by atoms with Gasteiger partial charge in [0.05, 0.1) is 16.2 Å². The molecule has 2 aromatic carbocycles. The number of aryl methyl sites for hydroxylation is 1. The van der Waals surface area contributed by atoms with Crippen molar-refractivity contribution in [3.05, 3.63) is 70.0 Å². The number of carbonyl (C=O) groups is 1. The molecule has 1 unspecified atom stereocenters. The van der Waals surface area contributed by atoms with Crippen LogP contribution in [-0.4, -0.2) is 21.0 Å². The molecule has 0 aliphatic heterocycles. The number of ketones is 1. The lowest BCUT2D eigenvalue weighted by molar-refractivity contribution is 0.0988. The Hall–Kier alpha value is -2.40. The summed E-state index contributed by atoms with van der Waals surface area (Å²) in [6.45, 7) is 4.05. The summed E-state index contributed by atoms with van der Waals surface area (Å²) >= 11 is 1.31.